The van der Waals surface area contributed by atoms with Crippen molar-refractivity contribution in [3.05, 3.63) is 48.0 Å². The van der Waals surface area contributed by atoms with Gasteiger partial charge in [-0.1, -0.05) is 12.1 Å². The molecule has 1 aromatic carbocycles. The van der Waals surface area contributed by atoms with Gasteiger partial charge in [-0.2, -0.15) is 5.10 Å². The topological polar surface area (TPSA) is 84.1 Å². The molecule has 8 heteroatoms. The van der Waals surface area contributed by atoms with Gasteiger partial charge in [0.15, 0.2) is 0 Å². The molecule has 6 nitrogen and oxygen atoms in total. The Morgan fingerprint density at radius 3 is 2.96 bits per heavy atom. The minimum Gasteiger partial charge on any atom is -0.373 e. The Bertz CT molecular complexity index is 749. The molecule has 1 aromatic heterocycles. The van der Waals surface area contributed by atoms with Crippen molar-refractivity contribution in [2.45, 2.75) is 23.8 Å². The van der Waals surface area contributed by atoms with E-state index in [1.54, 1.807) is 12.4 Å². The van der Waals surface area contributed by atoms with Crippen LogP contribution in [-0.2, 0) is 14.8 Å². The zero-order valence-electron chi connectivity index (χ0n) is 12.4. The molecule has 0 spiro atoms. The predicted octanol–water partition coefficient (Wildman–Crippen LogP) is 1.99. The lowest BCUT2D eigenvalue weighted by molar-refractivity contribution is -0.0262. The van der Waals surface area contributed by atoms with E-state index in [0.29, 0.717) is 6.61 Å². The number of nitrogens with one attached hydrogen (secondary N) is 2. The Morgan fingerprint density at radius 2 is 2.22 bits per heavy atom. The number of aromatic amines is 1. The van der Waals surface area contributed by atoms with Crippen molar-refractivity contribution < 1.29 is 17.5 Å². The number of halogens is 1. The summed E-state index contributed by atoms with van der Waals surface area (Å²) in [5.74, 6) is -0.783. The highest BCUT2D eigenvalue weighted by Gasteiger charge is 2.30. The zero-order chi connectivity index (χ0) is 16.3. The van der Waals surface area contributed by atoms with Gasteiger partial charge >= 0.3 is 0 Å². The van der Waals surface area contributed by atoms with Crippen LogP contribution in [0.25, 0.3) is 0 Å². The fourth-order valence-corrected chi connectivity index (χ4v) is 3.97. The molecule has 0 saturated carbocycles. The predicted molar refractivity (Wildman–Crippen MR) is 81.6 cm³/mol. The van der Waals surface area contributed by atoms with Gasteiger partial charge in [0, 0.05) is 30.8 Å². The molecule has 0 amide bonds. The van der Waals surface area contributed by atoms with Crippen LogP contribution in [-0.4, -0.2) is 31.8 Å². The van der Waals surface area contributed by atoms with Crippen LogP contribution in [0.4, 0.5) is 4.39 Å². The van der Waals surface area contributed by atoms with Crippen LogP contribution in [0.2, 0.25) is 0 Å². The summed E-state index contributed by atoms with van der Waals surface area (Å²) in [6.45, 7) is 0.818. The van der Waals surface area contributed by atoms with Gasteiger partial charge in [0.1, 0.15) is 10.7 Å². The van der Waals surface area contributed by atoms with Crippen LogP contribution < -0.4 is 4.72 Å². The molecule has 2 heterocycles. The molecule has 1 aliphatic rings. The van der Waals surface area contributed by atoms with Gasteiger partial charge in [-0.25, -0.2) is 17.5 Å². The van der Waals surface area contributed by atoms with Crippen LogP contribution in [0.1, 0.15) is 24.5 Å². The van der Waals surface area contributed by atoms with Gasteiger partial charge in [0.2, 0.25) is 10.0 Å². The third-order valence-corrected chi connectivity index (χ3v) is 5.41. The van der Waals surface area contributed by atoms with Crippen molar-refractivity contribution in [3.63, 3.8) is 0 Å². The first-order valence-corrected chi connectivity index (χ1v) is 8.91. The second-order valence-corrected chi connectivity index (χ2v) is 7.24. The number of sulfonamides is 1. The minimum atomic E-state index is -3.89. The van der Waals surface area contributed by atoms with E-state index in [1.165, 1.54) is 18.2 Å². The molecule has 23 heavy (non-hydrogen) atoms. The normalized spacial score (nSPS) is 22.1. The van der Waals surface area contributed by atoms with Gasteiger partial charge in [-0.05, 0) is 25.0 Å². The molecule has 1 saturated heterocycles. The van der Waals surface area contributed by atoms with Gasteiger partial charge in [0.25, 0.3) is 0 Å². The lowest BCUT2D eigenvalue weighted by Gasteiger charge is -2.31. The highest BCUT2D eigenvalue weighted by atomic mass is 32.2. The lowest BCUT2D eigenvalue weighted by Crippen LogP contribution is -2.35. The van der Waals surface area contributed by atoms with E-state index in [0.717, 1.165) is 24.5 Å². The Kier molecular flexibility index (Phi) is 4.74. The van der Waals surface area contributed by atoms with E-state index >= 15 is 0 Å². The highest BCUT2D eigenvalue weighted by molar-refractivity contribution is 7.89. The third kappa shape index (κ3) is 3.60. The molecule has 2 aromatic rings. The SMILES string of the molecule is O=S(=O)(NC[C@@H]1CCCO[C@H]1c1cn[nH]c1)c1ccccc1F. The summed E-state index contributed by atoms with van der Waals surface area (Å²) in [7, 11) is -3.89. The molecule has 0 radical (unpaired) electrons. The van der Waals surface area contributed by atoms with Gasteiger partial charge < -0.3 is 4.74 Å². The molecule has 2 N–H and O–H groups in total. The zero-order valence-corrected chi connectivity index (χ0v) is 13.2. The first-order chi connectivity index (χ1) is 11.1. The lowest BCUT2D eigenvalue weighted by atomic mass is 9.91. The molecular formula is C15H18FN3O3S. The van der Waals surface area contributed by atoms with Crippen molar-refractivity contribution in [2.75, 3.05) is 13.2 Å². The van der Waals surface area contributed by atoms with Crippen LogP contribution in [0, 0.1) is 11.7 Å². The minimum absolute atomic E-state index is 0.0251. The van der Waals surface area contributed by atoms with Crippen molar-refractivity contribution in [3.8, 4) is 0 Å². The van der Waals surface area contributed by atoms with Crippen LogP contribution in [0.3, 0.4) is 0 Å². The second kappa shape index (κ2) is 6.77. The van der Waals surface area contributed by atoms with Gasteiger partial charge in [-0.3, -0.25) is 5.10 Å². The molecule has 0 unspecified atom stereocenters. The number of hydrogen-bond donors (Lipinski definition) is 2. The number of rotatable bonds is 5. The van der Waals surface area contributed by atoms with Gasteiger partial charge in [-0.15, -0.1) is 0 Å². The molecule has 2 atom stereocenters. The second-order valence-electron chi connectivity index (χ2n) is 5.51. The standard InChI is InChI=1S/C15H18FN3O3S/c16-13-5-1-2-6-14(13)23(20,21)19-10-11-4-3-7-22-15(11)12-8-17-18-9-12/h1-2,5-6,8-9,11,15,19H,3-4,7,10H2,(H,17,18)/t11-,15+/m0/s1. The van der Waals surface area contributed by atoms with E-state index in [-0.39, 0.29) is 23.5 Å². The molecule has 1 fully saturated rings. The number of H-pyrrole nitrogens is 1. The summed E-state index contributed by atoms with van der Waals surface area (Å²) in [6.07, 6.45) is 4.89. The largest absolute Gasteiger partial charge is 0.373 e. The average Bonchev–Trinajstić information content (AvgIpc) is 3.08. The maximum Gasteiger partial charge on any atom is 0.243 e. The van der Waals surface area contributed by atoms with E-state index in [1.807, 2.05) is 0 Å². The summed E-state index contributed by atoms with van der Waals surface area (Å²) in [4.78, 5) is -0.336. The summed E-state index contributed by atoms with van der Waals surface area (Å²) in [5, 5.41) is 6.64. The van der Waals surface area contributed by atoms with E-state index in [4.69, 9.17) is 4.74 Å². The maximum atomic E-state index is 13.7. The van der Waals surface area contributed by atoms with Crippen molar-refractivity contribution >= 4 is 10.0 Å². The number of ether oxygens (including phenoxy) is 1. The van der Waals surface area contributed by atoms with Crippen LogP contribution >= 0.6 is 0 Å². The van der Waals surface area contributed by atoms with Crippen molar-refractivity contribution in [1.82, 2.24) is 14.9 Å². The highest BCUT2D eigenvalue weighted by Crippen LogP contribution is 2.33. The van der Waals surface area contributed by atoms with Crippen molar-refractivity contribution in [1.29, 1.82) is 0 Å². The fraction of sp³-hybridized carbons (Fsp3) is 0.400. The van der Waals surface area contributed by atoms with Crippen LogP contribution in [0.15, 0.2) is 41.6 Å². The molecule has 1 aliphatic heterocycles. The molecule has 0 aliphatic carbocycles. The van der Waals surface area contributed by atoms with Crippen LogP contribution in [0.5, 0.6) is 0 Å². The Labute approximate surface area is 134 Å². The number of hydrogen-bond acceptors (Lipinski definition) is 4. The van der Waals surface area contributed by atoms with Crippen molar-refractivity contribution in [2.24, 2.45) is 5.92 Å². The molecule has 3 rings (SSSR count). The summed E-state index contributed by atoms with van der Waals surface area (Å²) in [6, 6.07) is 5.34. The van der Waals surface area contributed by atoms with E-state index in [9.17, 15) is 12.8 Å². The average molecular weight is 339 g/mol. The Hall–Kier alpha value is -1.77. The van der Waals surface area contributed by atoms with E-state index < -0.39 is 15.8 Å². The number of benzene rings is 1. The first-order valence-electron chi connectivity index (χ1n) is 7.42. The quantitative estimate of drug-likeness (QED) is 0.872. The summed E-state index contributed by atoms with van der Waals surface area (Å²) < 4.78 is 46.5. The smallest absolute Gasteiger partial charge is 0.243 e. The third-order valence-electron chi connectivity index (χ3n) is 3.95. The molecule has 0 bridgehead atoms. The molecule has 124 valence electrons. The Morgan fingerprint density at radius 1 is 1.39 bits per heavy atom. The first kappa shape index (κ1) is 16.1. The monoisotopic (exact) mass is 339 g/mol. The number of nitrogens with zero attached hydrogens (tertiary/aromatic N) is 1. The summed E-state index contributed by atoms with van der Waals surface area (Å²) >= 11 is 0. The fourth-order valence-electron chi connectivity index (χ4n) is 2.79. The molecular weight excluding hydrogens is 321 g/mol. The van der Waals surface area contributed by atoms with E-state index in [2.05, 4.69) is 14.9 Å². The Balaban J connectivity index is 1.72. The number of aromatic nitrogens is 2. The maximum absolute atomic E-state index is 13.7. The van der Waals surface area contributed by atoms with Gasteiger partial charge in [0.05, 0.1) is 12.3 Å². The summed E-state index contributed by atoms with van der Waals surface area (Å²) in [5.41, 5.74) is 0.889.